The van der Waals surface area contributed by atoms with Gasteiger partial charge in [0, 0.05) is 20.9 Å². The number of aromatic nitrogens is 1. The van der Waals surface area contributed by atoms with Gasteiger partial charge in [0.2, 0.25) is 0 Å². The van der Waals surface area contributed by atoms with Crippen LogP contribution in [0.15, 0.2) is 34.4 Å². The molecule has 2 heterocycles. The third kappa shape index (κ3) is 3.51. The molecule has 18 heavy (non-hydrogen) atoms. The van der Waals surface area contributed by atoms with Crippen LogP contribution < -0.4 is 10.6 Å². The highest BCUT2D eigenvalue weighted by Crippen LogP contribution is 2.19. The number of pyridine rings is 1. The summed E-state index contributed by atoms with van der Waals surface area (Å²) in [5, 5.41) is 6.98. The molecule has 4 nitrogen and oxygen atoms in total. The van der Waals surface area contributed by atoms with Crippen LogP contribution >= 0.6 is 27.3 Å². The zero-order valence-corrected chi connectivity index (χ0v) is 11.5. The molecule has 2 N–H and O–H groups in total. The number of carbonyl (C=O) groups is 1. The minimum atomic E-state index is -0.563. The number of amides is 2. The van der Waals surface area contributed by atoms with Crippen molar-refractivity contribution in [3.8, 4) is 0 Å². The van der Waals surface area contributed by atoms with E-state index in [0.29, 0.717) is 6.54 Å². The Hall–Kier alpha value is -1.47. The number of nitrogens with zero attached hydrogens (tertiary/aromatic N) is 1. The van der Waals surface area contributed by atoms with Gasteiger partial charge in [-0.3, -0.25) is 4.98 Å². The molecule has 2 rings (SSSR count). The van der Waals surface area contributed by atoms with Crippen LogP contribution in [-0.4, -0.2) is 11.0 Å². The fourth-order valence-electron chi connectivity index (χ4n) is 1.26. The van der Waals surface area contributed by atoms with E-state index >= 15 is 0 Å². The van der Waals surface area contributed by atoms with Crippen molar-refractivity contribution in [1.82, 2.24) is 10.3 Å². The monoisotopic (exact) mass is 329 g/mol. The average molecular weight is 330 g/mol. The van der Waals surface area contributed by atoms with Crippen molar-refractivity contribution in [2.24, 2.45) is 0 Å². The van der Waals surface area contributed by atoms with E-state index in [1.54, 1.807) is 0 Å². The maximum Gasteiger partial charge on any atom is 0.319 e. The van der Waals surface area contributed by atoms with Gasteiger partial charge in [0.15, 0.2) is 5.82 Å². The van der Waals surface area contributed by atoms with Crippen LogP contribution in [0.3, 0.4) is 0 Å². The predicted molar refractivity (Wildman–Crippen MR) is 72.1 cm³/mol. The molecule has 7 heteroatoms. The smallest absolute Gasteiger partial charge is 0.319 e. The normalized spacial score (nSPS) is 10.1. The molecule has 0 aromatic carbocycles. The Kier molecular flexibility index (Phi) is 4.27. The Morgan fingerprint density at radius 2 is 2.39 bits per heavy atom. The van der Waals surface area contributed by atoms with E-state index in [0.717, 1.165) is 15.5 Å². The Morgan fingerprint density at radius 3 is 3.06 bits per heavy atom. The quantitative estimate of drug-likeness (QED) is 0.907. The zero-order valence-electron chi connectivity index (χ0n) is 9.11. The van der Waals surface area contributed by atoms with Crippen molar-refractivity contribution in [2.45, 2.75) is 6.54 Å². The summed E-state index contributed by atoms with van der Waals surface area (Å²) in [5.74, 6) is -0.563. The van der Waals surface area contributed by atoms with Crippen LogP contribution in [0.5, 0.6) is 0 Å². The molecule has 0 spiro atoms. The van der Waals surface area contributed by atoms with E-state index in [1.165, 1.54) is 23.6 Å². The first-order chi connectivity index (χ1) is 8.65. The van der Waals surface area contributed by atoms with E-state index in [4.69, 9.17) is 0 Å². The lowest BCUT2D eigenvalue weighted by Crippen LogP contribution is -2.28. The van der Waals surface area contributed by atoms with Gasteiger partial charge in [-0.05, 0) is 28.1 Å². The van der Waals surface area contributed by atoms with Crippen molar-refractivity contribution in [3.05, 3.63) is 45.1 Å². The van der Waals surface area contributed by atoms with E-state index in [1.807, 2.05) is 11.4 Å². The van der Waals surface area contributed by atoms with Crippen LogP contribution in [0.2, 0.25) is 0 Å². The predicted octanol–water partition coefficient (Wildman–Crippen LogP) is 3.37. The van der Waals surface area contributed by atoms with Gasteiger partial charge in [-0.2, -0.15) is 0 Å². The van der Waals surface area contributed by atoms with Gasteiger partial charge in [-0.15, -0.1) is 11.3 Å². The van der Waals surface area contributed by atoms with Crippen molar-refractivity contribution < 1.29 is 9.18 Å². The number of hydrogen-bond acceptors (Lipinski definition) is 3. The molecule has 0 atom stereocenters. The number of nitrogens with one attached hydrogen (secondary N) is 2. The van der Waals surface area contributed by atoms with Crippen LogP contribution in [-0.2, 0) is 6.54 Å². The summed E-state index contributed by atoms with van der Waals surface area (Å²) >= 11 is 4.86. The van der Waals surface area contributed by atoms with Crippen LogP contribution in [0.1, 0.15) is 4.88 Å². The Labute approximate surface area is 115 Å². The van der Waals surface area contributed by atoms with Gasteiger partial charge in [0.25, 0.3) is 0 Å². The SMILES string of the molecule is O=C(NCc1cc(Br)cs1)Nc1ccncc1F. The maximum absolute atomic E-state index is 13.2. The molecule has 0 saturated carbocycles. The summed E-state index contributed by atoms with van der Waals surface area (Å²) in [4.78, 5) is 16.1. The van der Waals surface area contributed by atoms with E-state index in [2.05, 4.69) is 31.5 Å². The Balaban J connectivity index is 1.88. The van der Waals surface area contributed by atoms with Crippen LogP contribution in [0.4, 0.5) is 14.9 Å². The van der Waals surface area contributed by atoms with Gasteiger partial charge in [0.1, 0.15) is 0 Å². The van der Waals surface area contributed by atoms with Crippen molar-refractivity contribution in [1.29, 1.82) is 0 Å². The van der Waals surface area contributed by atoms with Gasteiger partial charge in [0.05, 0.1) is 18.4 Å². The molecule has 2 aromatic rings. The maximum atomic E-state index is 13.2. The molecule has 0 bridgehead atoms. The van der Waals surface area contributed by atoms with E-state index in [9.17, 15) is 9.18 Å². The van der Waals surface area contributed by atoms with Crippen molar-refractivity contribution >= 4 is 39.0 Å². The van der Waals surface area contributed by atoms with Crippen LogP contribution in [0, 0.1) is 5.82 Å². The van der Waals surface area contributed by atoms with Crippen molar-refractivity contribution in [2.75, 3.05) is 5.32 Å². The number of hydrogen-bond donors (Lipinski definition) is 2. The fourth-order valence-corrected chi connectivity index (χ4v) is 2.65. The number of halogens is 2. The second-order valence-corrected chi connectivity index (χ2v) is 5.31. The number of rotatable bonds is 3. The van der Waals surface area contributed by atoms with Gasteiger partial charge < -0.3 is 10.6 Å². The minimum Gasteiger partial charge on any atom is -0.333 e. The molecule has 0 saturated heterocycles. The number of thiophene rings is 1. The van der Waals surface area contributed by atoms with E-state index < -0.39 is 11.8 Å². The molecule has 0 aliphatic rings. The molecule has 2 aromatic heterocycles. The Bertz CT molecular complexity index is 561. The number of carbonyl (C=O) groups excluding carboxylic acids is 1. The summed E-state index contributed by atoms with van der Waals surface area (Å²) in [6, 6.07) is 2.86. The largest absolute Gasteiger partial charge is 0.333 e. The molecular formula is C11H9BrFN3OS. The highest BCUT2D eigenvalue weighted by molar-refractivity contribution is 9.10. The highest BCUT2D eigenvalue weighted by Gasteiger charge is 2.06. The molecule has 0 aliphatic carbocycles. The molecular weight excluding hydrogens is 321 g/mol. The molecule has 0 aliphatic heterocycles. The first kappa shape index (κ1) is 13.0. The average Bonchev–Trinajstić information content (AvgIpc) is 2.76. The van der Waals surface area contributed by atoms with Crippen LogP contribution in [0.25, 0.3) is 0 Å². The summed E-state index contributed by atoms with van der Waals surface area (Å²) in [6.45, 7) is 0.398. The third-order valence-electron chi connectivity index (χ3n) is 2.07. The lowest BCUT2D eigenvalue weighted by Gasteiger charge is -2.06. The van der Waals surface area contributed by atoms with Gasteiger partial charge >= 0.3 is 6.03 Å². The lowest BCUT2D eigenvalue weighted by atomic mass is 10.4. The summed E-state index contributed by atoms with van der Waals surface area (Å²) in [7, 11) is 0. The molecule has 0 radical (unpaired) electrons. The molecule has 94 valence electrons. The topological polar surface area (TPSA) is 54.0 Å². The first-order valence-electron chi connectivity index (χ1n) is 5.02. The highest BCUT2D eigenvalue weighted by atomic mass is 79.9. The Morgan fingerprint density at radius 1 is 1.56 bits per heavy atom. The molecule has 0 fully saturated rings. The number of anilines is 1. The van der Waals surface area contributed by atoms with E-state index in [-0.39, 0.29) is 5.69 Å². The van der Waals surface area contributed by atoms with Gasteiger partial charge in [-0.25, -0.2) is 9.18 Å². The fraction of sp³-hybridized carbons (Fsp3) is 0.0909. The minimum absolute atomic E-state index is 0.106. The summed E-state index contributed by atoms with van der Waals surface area (Å²) in [5.41, 5.74) is 0.106. The second-order valence-electron chi connectivity index (χ2n) is 3.39. The first-order valence-corrected chi connectivity index (χ1v) is 6.69. The second kappa shape index (κ2) is 5.92. The summed E-state index contributed by atoms with van der Waals surface area (Å²) in [6.07, 6.45) is 2.46. The lowest BCUT2D eigenvalue weighted by molar-refractivity contribution is 0.251. The molecule has 0 unspecified atom stereocenters. The number of urea groups is 1. The zero-order chi connectivity index (χ0) is 13.0. The standard InChI is InChI=1S/C11H9BrFN3OS/c12-7-3-8(18-6-7)4-15-11(17)16-10-1-2-14-5-9(10)13/h1-3,5-6H,4H2,(H2,14,15,16,17). The molecule has 2 amide bonds. The summed E-state index contributed by atoms with van der Waals surface area (Å²) < 4.78 is 14.2. The third-order valence-corrected chi connectivity index (χ3v) is 3.76. The van der Waals surface area contributed by atoms with Gasteiger partial charge in [-0.1, -0.05) is 0 Å². The van der Waals surface area contributed by atoms with Crippen molar-refractivity contribution in [3.63, 3.8) is 0 Å².